The van der Waals surface area contributed by atoms with E-state index in [0.717, 1.165) is 22.8 Å². The monoisotopic (exact) mass is 247 g/mol. The summed E-state index contributed by atoms with van der Waals surface area (Å²) >= 11 is 0. The van der Waals surface area contributed by atoms with E-state index in [4.69, 9.17) is 15.2 Å². The number of benzene rings is 1. The zero-order valence-electron chi connectivity index (χ0n) is 10.6. The first-order chi connectivity index (χ1) is 8.72. The van der Waals surface area contributed by atoms with Crippen LogP contribution < -0.4 is 15.2 Å². The number of hydrogen-bond acceptors (Lipinski definition) is 4. The lowest BCUT2D eigenvalue weighted by Gasteiger charge is -2.11. The summed E-state index contributed by atoms with van der Waals surface area (Å²) in [6.07, 6.45) is 1.88. The molecule has 0 amide bonds. The first kappa shape index (κ1) is 12.4. The van der Waals surface area contributed by atoms with Crippen molar-refractivity contribution in [3.05, 3.63) is 41.7 Å². The smallest absolute Gasteiger partial charge is 0.132 e. The lowest BCUT2D eigenvalue weighted by molar-refractivity contribution is 0.294. The van der Waals surface area contributed by atoms with Crippen molar-refractivity contribution in [3.63, 3.8) is 0 Å². The minimum absolute atomic E-state index is 0.418. The largest absolute Gasteiger partial charge is 0.497 e. The molecular weight excluding hydrogens is 230 g/mol. The van der Waals surface area contributed by atoms with Crippen LogP contribution in [0.25, 0.3) is 0 Å². The maximum atomic E-state index is 5.73. The lowest BCUT2D eigenvalue weighted by atomic mass is 10.2. The van der Waals surface area contributed by atoms with E-state index in [-0.39, 0.29) is 0 Å². The van der Waals surface area contributed by atoms with Crippen LogP contribution in [0.2, 0.25) is 0 Å². The average molecular weight is 247 g/mol. The van der Waals surface area contributed by atoms with Gasteiger partial charge in [0.05, 0.1) is 12.8 Å². The van der Waals surface area contributed by atoms with Gasteiger partial charge in [0.15, 0.2) is 0 Å². The number of aryl methyl sites for hydroxylation is 1. The fourth-order valence-electron chi connectivity index (χ4n) is 1.66. The van der Waals surface area contributed by atoms with Gasteiger partial charge in [-0.2, -0.15) is 5.10 Å². The first-order valence-corrected chi connectivity index (χ1v) is 5.71. The Hall–Kier alpha value is -2.01. The van der Waals surface area contributed by atoms with Crippen molar-refractivity contribution in [2.24, 2.45) is 12.8 Å². The summed E-state index contributed by atoms with van der Waals surface area (Å²) < 4.78 is 12.6. The van der Waals surface area contributed by atoms with Crippen LogP contribution in [-0.4, -0.2) is 16.9 Å². The van der Waals surface area contributed by atoms with Gasteiger partial charge in [-0.25, -0.2) is 0 Å². The topological polar surface area (TPSA) is 62.3 Å². The Kier molecular flexibility index (Phi) is 3.84. The lowest BCUT2D eigenvalue weighted by Crippen LogP contribution is -2.04. The molecule has 0 aliphatic carbocycles. The van der Waals surface area contributed by atoms with Gasteiger partial charge in [-0.3, -0.25) is 4.68 Å². The van der Waals surface area contributed by atoms with E-state index in [9.17, 15) is 0 Å². The van der Waals surface area contributed by atoms with Gasteiger partial charge in [-0.1, -0.05) is 6.07 Å². The Morgan fingerprint density at radius 2 is 2.17 bits per heavy atom. The van der Waals surface area contributed by atoms with E-state index >= 15 is 0 Å². The zero-order valence-corrected chi connectivity index (χ0v) is 10.6. The maximum absolute atomic E-state index is 5.73. The maximum Gasteiger partial charge on any atom is 0.132 e. The van der Waals surface area contributed by atoms with Gasteiger partial charge in [0.1, 0.15) is 18.1 Å². The van der Waals surface area contributed by atoms with Crippen LogP contribution >= 0.6 is 0 Å². The number of aromatic nitrogens is 2. The third-order valence-electron chi connectivity index (χ3n) is 2.64. The molecule has 5 nitrogen and oxygen atoms in total. The highest BCUT2D eigenvalue weighted by Crippen LogP contribution is 2.25. The quantitative estimate of drug-likeness (QED) is 0.869. The average Bonchev–Trinajstić information content (AvgIpc) is 2.81. The van der Waals surface area contributed by atoms with E-state index in [0.29, 0.717) is 13.2 Å². The predicted octanol–water partition coefficient (Wildman–Crippen LogP) is 1.47. The van der Waals surface area contributed by atoms with Crippen molar-refractivity contribution in [1.29, 1.82) is 0 Å². The fourth-order valence-corrected chi connectivity index (χ4v) is 1.66. The third-order valence-corrected chi connectivity index (χ3v) is 2.64. The van der Waals surface area contributed by atoms with Crippen LogP contribution in [-0.2, 0) is 20.2 Å². The van der Waals surface area contributed by atoms with E-state index in [1.54, 1.807) is 11.8 Å². The molecule has 1 aromatic heterocycles. The molecule has 0 fully saturated rings. The second-order valence-electron chi connectivity index (χ2n) is 3.95. The Bertz CT molecular complexity index is 523. The molecule has 0 aliphatic heterocycles. The van der Waals surface area contributed by atoms with Gasteiger partial charge in [-0.05, 0) is 12.1 Å². The van der Waals surface area contributed by atoms with Crippen molar-refractivity contribution < 1.29 is 9.47 Å². The molecule has 0 radical (unpaired) electrons. The Morgan fingerprint density at radius 3 is 2.78 bits per heavy atom. The molecule has 0 atom stereocenters. The molecule has 0 aliphatic rings. The molecule has 0 saturated carbocycles. The van der Waals surface area contributed by atoms with Gasteiger partial charge >= 0.3 is 0 Å². The molecule has 18 heavy (non-hydrogen) atoms. The van der Waals surface area contributed by atoms with Crippen molar-refractivity contribution in [1.82, 2.24) is 9.78 Å². The summed E-state index contributed by atoms with van der Waals surface area (Å²) in [6.45, 7) is 0.850. The van der Waals surface area contributed by atoms with Gasteiger partial charge in [0.25, 0.3) is 0 Å². The third kappa shape index (κ3) is 2.81. The summed E-state index contributed by atoms with van der Waals surface area (Å²) in [5.41, 5.74) is 7.50. The second-order valence-corrected chi connectivity index (χ2v) is 3.95. The minimum atomic E-state index is 0.418. The standard InChI is InChI=1S/C13H17N3O2/c1-16-6-5-11(15-16)9-18-13-7-12(17-2)4-3-10(13)8-14/h3-7H,8-9,14H2,1-2H3. The molecular formula is C13H17N3O2. The molecule has 2 rings (SSSR count). The second kappa shape index (κ2) is 5.55. The van der Waals surface area contributed by atoms with E-state index < -0.39 is 0 Å². The van der Waals surface area contributed by atoms with Crippen LogP contribution in [0.4, 0.5) is 0 Å². The van der Waals surface area contributed by atoms with Crippen molar-refractivity contribution in [2.75, 3.05) is 7.11 Å². The van der Waals surface area contributed by atoms with Crippen molar-refractivity contribution >= 4 is 0 Å². The fraction of sp³-hybridized carbons (Fsp3) is 0.308. The Balaban J connectivity index is 2.11. The van der Waals surface area contributed by atoms with Crippen LogP contribution in [0.15, 0.2) is 30.5 Å². The molecule has 1 heterocycles. The molecule has 1 aromatic carbocycles. The van der Waals surface area contributed by atoms with E-state index in [2.05, 4.69) is 5.10 Å². The van der Waals surface area contributed by atoms with Crippen molar-refractivity contribution in [2.45, 2.75) is 13.2 Å². The summed E-state index contributed by atoms with van der Waals surface area (Å²) in [5.74, 6) is 1.49. The minimum Gasteiger partial charge on any atom is -0.497 e. The molecule has 0 unspecified atom stereocenters. The molecule has 2 N–H and O–H groups in total. The first-order valence-electron chi connectivity index (χ1n) is 5.71. The molecule has 0 spiro atoms. The number of nitrogens with two attached hydrogens (primary N) is 1. The SMILES string of the molecule is COc1ccc(CN)c(OCc2ccn(C)n2)c1. The molecule has 5 heteroatoms. The number of rotatable bonds is 5. The van der Waals surface area contributed by atoms with Crippen LogP contribution in [0.1, 0.15) is 11.3 Å². The number of ether oxygens (including phenoxy) is 2. The highest BCUT2D eigenvalue weighted by molar-refractivity contribution is 5.40. The van der Waals surface area contributed by atoms with Gasteiger partial charge in [0.2, 0.25) is 0 Å². The van der Waals surface area contributed by atoms with Gasteiger partial charge < -0.3 is 15.2 Å². The predicted molar refractivity (Wildman–Crippen MR) is 68.4 cm³/mol. The zero-order chi connectivity index (χ0) is 13.0. The summed E-state index contributed by atoms with van der Waals surface area (Å²) in [4.78, 5) is 0. The molecule has 96 valence electrons. The highest BCUT2D eigenvalue weighted by atomic mass is 16.5. The Morgan fingerprint density at radius 1 is 1.33 bits per heavy atom. The van der Waals surface area contributed by atoms with Crippen LogP contribution in [0, 0.1) is 0 Å². The summed E-state index contributed by atoms with van der Waals surface area (Å²) in [6, 6.07) is 7.54. The van der Waals surface area contributed by atoms with Crippen LogP contribution in [0.3, 0.4) is 0 Å². The Labute approximate surface area is 106 Å². The summed E-state index contributed by atoms with van der Waals surface area (Å²) in [7, 11) is 3.50. The van der Waals surface area contributed by atoms with Gasteiger partial charge in [0, 0.05) is 31.4 Å². The van der Waals surface area contributed by atoms with Gasteiger partial charge in [-0.15, -0.1) is 0 Å². The molecule has 0 bridgehead atoms. The molecule has 2 aromatic rings. The molecule has 0 saturated heterocycles. The number of methoxy groups -OCH3 is 1. The normalized spacial score (nSPS) is 10.4. The summed E-state index contributed by atoms with van der Waals surface area (Å²) in [5, 5.41) is 4.25. The van der Waals surface area contributed by atoms with E-state index in [1.165, 1.54) is 0 Å². The number of nitrogens with zero attached hydrogens (tertiary/aromatic N) is 2. The van der Waals surface area contributed by atoms with Crippen LogP contribution in [0.5, 0.6) is 11.5 Å². The number of hydrogen-bond donors (Lipinski definition) is 1. The van der Waals surface area contributed by atoms with Crippen molar-refractivity contribution in [3.8, 4) is 11.5 Å². The van der Waals surface area contributed by atoms with E-state index in [1.807, 2.05) is 37.5 Å². The highest BCUT2D eigenvalue weighted by Gasteiger charge is 2.06.